The van der Waals surface area contributed by atoms with Gasteiger partial charge in [-0.25, -0.2) is 9.59 Å². The van der Waals surface area contributed by atoms with Crippen molar-refractivity contribution in [3.05, 3.63) is 46.3 Å². The second-order valence-corrected chi connectivity index (χ2v) is 4.75. The molecule has 0 saturated heterocycles. The molecule has 1 aromatic heterocycles. The van der Waals surface area contributed by atoms with Crippen LogP contribution in [-0.2, 0) is 14.3 Å². The van der Waals surface area contributed by atoms with Crippen molar-refractivity contribution in [2.75, 3.05) is 26.9 Å². The van der Waals surface area contributed by atoms with E-state index in [1.807, 2.05) is 0 Å². The average molecular weight is 319 g/mol. The molecule has 1 aromatic carbocycles. The first-order valence-corrected chi connectivity index (χ1v) is 7.07. The summed E-state index contributed by atoms with van der Waals surface area (Å²) in [5.41, 5.74) is -0.313. The SMILES string of the molecule is COCC(=O)OCCCNC(=O)c1cc2ccccc2oc1=O. The van der Waals surface area contributed by atoms with Crippen LogP contribution >= 0.6 is 0 Å². The molecule has 7 nitrogen and oxygen atoms in total. The predicted molar refractivity (Wildman–Crippen MR) is 82.3 cm³/mol. The van der Waals surface area contributed by atoms with Crippen molar-refractivity contribution in [1.29, 1.82) is 0 Å². The summed E-state index contributed by atoms with van der Waals surface area (Å²) in [5.74, 6) is -0.985. The van der Waals surface area contributed by atoms with Gasteiger partial charge in [0.2, 0.25) is 0 Å². The number of carbonyl (C=O) groups excluding carboxylic acids is 2. The van der Waals surface area contributed by atoms with Crippen molar-refractivity contribution in [3.8, 4) is 0 Å². The molecule has 1 heterocycles. The van der Waals surface area contributed by atoms with Crippen LogP contribution in [0.2, 0.25) is 0 Å². The van der Waals surface area contributed by atoms with Crippen LogP contribution < -0.4 is 10.9 Å². The molecule has 0 bridgehead atoms. The molecule has 0 aliphatic carbocycles. The Morgan fingerprint density at radius 1 is 1.26 bits per heavy atom. The van der Waals surface area contributed by atoms with E-state index >= 15 is 0 Å². The number of fused-ring (bicyclic) bond motifs is 1. The van der Waals surface area contributed by atoms with Crippen LogP contribution in [0.4, 0.5) is 0 Å². The van der Waals surface area contributed by atoms with Crippen molar-refractivity contribution in [3.63, 3.8) is 0 Å². The largest absolute Gasteiger partial charge is 0.464 e. The van der Waals surface area contributed by atoms with E-state index in [4.69, 9.17) is 9.15 Å². The predicted octanol–water partition coefficient (Wildman–Crippen LogP) is 1.10. The lowest BCUT2D eigenvalue weighted by atomic mass is 10.2. The fraction of sp³-hybridized carbons (Fsp3) is 0.312. The van der Waals surface area contributed by atoms with Crippen LogP contribution in [0.3, 0.4) is 0 Å². The zero-order valence-corrected chi connectivity index (χ0v) is 12.7. The molecule has 0 atom stereocenters. The lowest BCUT2D eigenvalue weighted by Crippen LogP contribution is -2.29. The second kappa shape index (κ2) is 8.09. The molecule has 0 radical (unpaired) electrons. The molecule has 0 fully saturated rings. The summed E-state index contributed by atoms with van der Waals surface area (Å²) in [6, 6.07) is 8.44. The van der Waals surface area contributed by atoms with Crippen LogP contribution in [0, 0.1) is 0 Å². The first kappa shape index (κ1) is 16.7. The Morgan fingerprint density at radius 2 is 2.04 bits per heavy atom. The highest BCUT2D eigenvalue weighted by molar-refractivity contribution is 5.96. The molecular weight excluding hydrogens is 302 g/mol. The summed E-state index contributed by atoms with van der Waals surface area (Å²) in [6.07, 6.45) is 0.431. The molecule has 23 heavy (non-hydrogen) atoms. The van der Waals surface area contributed by atoms with E-state index in [9.17, 15) is 14.4 Å². The van der Waals surface area contributed by atoms with Gasteiger partial charge >= 0.3 is 11.6 Å². The van der Waals surface area contributed by atoms with Gasteiger partial charge in [0.15, 0.2) is 0 Å². The molecular formula is C16H17NO6. The Balaban J connectivity index is 1.88. The Hall–Kier alpha value is -2.67. The van der Waals surface area contributed by atoms with Crippen LogP contribution in [0.1, 0.15) is 16.8 Å². The fourth-order valence-electron chi connectivity index (χ4n) is 1.94. The first-order valence-electron chi connectivity index (χ1n) is 7.07. The highest BCUT2D eigenvalue weighted by Crippen LogP contribution is 2.12. The molecule has 0 saturated carbocycles. The van der Waals surface area contributed by atoms with E-state index in [1.54, 1.807) is 24.3 Å². The van der Waals surface area contributed by atoms with Gasteiger partial charge in [-0.15, -0.1) is 0 Å². The molecule has 0 unspecified atom stereocenters. The van der Waals surface area contributed by atoms with E-state index in [0.717, 1.165) is 0 Å². The van der Waals surface area contributed by atoms with Gasteiger partial charge in [0.25, 0.3) is 5.91 Å². The molecule has 2 rings (SSSR count). The van der Waals surface area contributed by atoms with Gasteiger partial charge < -0.3 is 19.2 Å². The zero-order chi connectivity index (χ0) is 16.7. The number of methoxy groups -OCH3 is 1. The third kappa shape index (κ3) is 4.65. The second-order valence-electron chi connectivity index (χ2n) is 4.75. The molecule has 0 spiro atoms. The van der Waals surface area contributed by atoms with Crippen molar-refractivity contribution in [2.24, 2.45) is 0 Å². The number of carbonyl (C=O) groups is 2. The lowest BCUT2D eigenvalue weighted by Gasteiger charge is -2.06. The van der Waals surface area contributed by atoms with Crippen molar-refractivity contribution >= 4 is 22.8 Å². The summed E-state index contributed by atoms with van der Waals surface area (Å²) < 4.78 is 14.6. The Labute approximate surface area is 132 Å². The third-order valence-corrected chi connectivity index (χ3v) is 3.02. The van der Waals surface area contributed by atoms with Crippen LogP contribution in [0.15, 0.2) is 39.5 Å². The lowest BCUT2D eigenvalue weighted by molar-refractivity contribution is -0.147. The monoisotopic (exact) mass is 319 g/mol. The maximum Gasteiger partial charge on any atom is 0.349 e. The molecule has 0 aliphatic heterocycles. The Kier molecular flexibility index (Phi) is 5.87. The minimum Gasteiger partial charge on any atom is -0.464 e. The van der Waals surface area contributed by atoms with E-state index in [-0.39, 0.29) is 25.3 Å². The summed E-state index contributed by atoms with van der Waals surface area (Å²) in [5, 5.41) is 3.26. The summed E-state index contributed by atoms with van der Waals surface area (Å²) in [4.78, 5) is 34.9. The molecule has 7 heteroatoms. The summed E-state index contributed by atoms with van der Waals surface area (Å²) >= 11 is 0. The van der Waals surface area contributed by atoms with Gasteiger partial charge in [0.1, 0.15) is 17.8 Å². The van der Waals surface area contributed by atoms with Crippen LogP contribution in [0.25, 0.3) is 11.0 Å². The Bertz CT molecular complexity index is 752. The molecule has 1 N–H and O–H groups in total. The van der Waals surface area contributed by atoms with Gasteiger partial charge in [0, 0.05) is 19.0 Å². The molecule has 2 aromatic rings. The van der Waals surface area contributed by atoms with Gasteiger partial charge in [-0.3, -0.25) is 4.79 Å². The molecule has 0 aliphatic rings. The van der Waals surface area contributed by atoms with E-state index in [0.29, 0.717) is 17.4 Å². The molecule has 1 amide bonds. The number of hydrogen-bond donors (Lipinski definition) is 1. The number of hydrogen-bond acceptors (Lipinski definition) is 6. The van der Waals surface area contributed by atoms with Gasteiger partial charge in [-0.1, -0.05) is 18.2 Å². The highest BCUT2D eigenvalue weighted by atomic mass is 16.6. The minimum atomic E-state index is -0.687. The van der Waals surface area contributed by atoms with Gasteiger partial charge in [-0.05, 0) is 18.6 Å². The third-order valence-electron chi connectivity index (χ3n) is 3.02. The number of para-hydroxylation sites is 1. The van der Waals surface area contributed by atoms with Crippen LogP contribution in [-0.4, -0.2) is 38.7 Å². The van der Waals surface area contributed by atoms with Crippen molar-refractivity contribution in [2.45, 2.75) is 6.42 Å². The highest BCUT2D eigenvalue weighted by Gasteiger charge is 2.13. The number of rotatable bonds is 7. The quantitative estimate of drug-likeness (QED) is 0.466. The Morgan fingerprint density at radius 3 is 2.83 bits per heavy atom. The smallest absolute Gasteiger partial charge is 0.349 e. The maximum absolute atomic E-state index is 12.0. The van der Waals surface area contributed by atoms with E-state index in [1.165, 1.54) is 13.2 Å². The first-order chi connectivity index (χ1) is 11.1. The number of benzene rings is 1. The maximum atomic E-state index is 12.0. The topological polar surface area (TPSA) is 94.8 Å². The number of amides is 1. The zero-order valence-electron chi connectivity index (χ0n) is 12.7. The molecule has 122 valence electrons. The van der Waals surface area contributed by atoms with Crippen molar-refractivity contribution in [1.82, 2.24) is 5.32 Å². The van der Waals surface area contributed by atoms with Gasteiger partial charge in [-0.2, -0.15) is 0 Å². The van der Waals surface area contributed by atoms with Gasteiger partial charge in [0.05, 0.1) is 6.61 Å². The number of esters is 1. The standard InChI is InChI=1S/C16H17NO6/c1-21-10-14(18)22-8-4-7-17-15(19)12-9-11-5-2-3-6-13(11)23-16(12)20/h2-3,5-6,9H,4,7-8,10H2,1H3,(H,17,19). The van der Waals surface area contributed by atoms with E-state index < -0.39 is 17.5 Å². The average Bonchev–Trinajstić information content (AvgIpc) is 2.54. The van der Waals surface area contributed by atoms with E-state index in [2.05, 4.69) is 10.1 Å². The summed E-state index contributed by atoms with van der Waals surface area (Å²) in [7, 11) is 1.40. The summed E-state index contributed by atoms with van der Waals surface area (Å²) in [6.45, 7) is 0.324. The van der Waals surface area contributed by atoms with Crippen LogP contribution in [0.5, 0.6) is 0 Å². The number of ether oxygens (including phenoxy) is 2. The van der Waals surface area contributed by atoms with Crippen molar-refractivity contribution < 1.29 is 23.5 Å². The minimum absolute atomic E-state index is 0.0555. The fourth-order valence-corrected chi connectivity index (χ4v) is 1.94. The number of nitrogens with one attached hydrogen (secondary N) is 1. The normalized spacial score (nSPS) is 10.5.